The van der Waals surface area contributed by atoms with E-state index in [1.165, 1.54) is 70.6 Å². The third-order valence-corrected chi connectivity index (χ3v) is 6.19. The molecule has 1 fully saturated rings. The van der Waals surface area contributed by atoms with Crippen LogP contribution in [0.25, 0.3) is 0 Å². The first-order valence-corrected chi connectivity index (χ1v) is 12.4. The highest BCUT2D eigenvalue weighted by molar-refractivity contribution is 6.08. The highest BCUT2D eigenvalue weighted by Gasteiger charge is 2.44. The van der Waals surface area contributed by atoms with E-state index in [0.717, 1.165) is 12.8 Å². The van der Waals surface area contributed by atoms with Crippen LogP contribution in [0, 0.1) is 0 Å². The average molecular weight is 423 g/mol. The molecule has 1 saturated heterocycles. The molecule has 30 heavy (non-hydrogen) atoms. The molecule has 0 aliphatic carbocycles. The molecule has 1 aliphatic heterocycles. The third kappa shape index (κ3) is 11.2. The van der Waals surface area contributed by atoms with Gasteiger partial charge in [0, 0.05) is 27.2 Å². The first kappa shape index (κ1) is 27.4. The molecule has 1 heterocycles. The van der Waals surface area contributed by atoms with Gasteiger partial charge in [-0.05, 0) is 6.42 Å². The van der Waals surface area contributed by atoms with Gasteiger partial charge in [0.15, 0.2) is 0 Å². The van der Waals surface area contributed by atoms with Gasteiger partial charge in [-0.15, -0.1) is 0 Å². The van der Waals surface area contributed by atoms with Crippen LogP contribution in [0.4, 0.5) is 0 Å². The standard InChI is InChI=1S/C24H46BNO4/c1-4-5-6-7-8-9-10-11-12-13-14-15-16-17-22(27)26-19-21-24(29-3)23(28-2)20(18-25)30-21/h20-21,23-24H,4-19H2,1-3H3,(H,26,27)/t20-,21+,23?,24-/m0/s1. The lowest BCUT2D eigenvalue weighted by atomic mass is 9.94. The molecule has 5 nitrogen and oxygen atoms in total. The maximum absolute atomic E-state index is 12.1. The maximum Gasteiger partial charge on any atom is 0.220 e. The second kappa shape index (κ2) is 18.0. The second-order valence-corrected chi connectivity index (χ2v) is 8.65. The molecule has 0 aromatic rings. The number of nitrogens with one attached hydrogen (secondary N) is 1. The number of ether oxygens (including phenoxy) is 3. The van der Waals surface area contributed by atoms with Crippen LogP contribution in [0.5, 0.6) is 0 Å². The molecule has 6 heteroatoms. The molecule has 1 aliphatic rings. The number of rotatable bonds is 19. The van der Waals surface area contributed by atoms with Crippen LogP contribution in [-0.4, -0.2) is 58.9 Å². The molecule has 1 N–H and O–H groups in total. The molecule has 0 aromatic carbocycles. The summed E-state index contributed by atoms with van der Waals surface area (Å²) >= 11 is 0. The van der Waals surface area contributed by atoms with Gasteiger partial charge in [0.2, 0.25) is 5.91 Å². The molecule has 0 bridgehead atoms. The number of unbranched alkanes of at least 4 members (excludes halogenated alkanes) is 12. The third-order valence-electron chi connectivity index (χ3n) is 6.19. The zero-order chi connectivity index (χ0) is 22.0. The normalized spacial score (nSPS) is 23.7. The zero-order valence-corrected chi connectivity index (χ0v) is 19.8. The molecule has 0 spiro atoms. The summed E-state index contributed by atoms with van der Waals surface area (Å²) in [6.07, 6.45) is 17.2. The first-order chi connectivity index (χ1) is 14.7. The van der Waals surface area contributed by atoms with Gasteiger partial charge >= 0.3 is 0 Å². The molecule has 1 rings (SSSR count). The summed E-state index contributed by atoms with van der Waals surface area (Å²) in [6, 6.07) is 0. The molecule has 4 atom stereocenters. The number of amides is 1. The molecular formula is C24H46BNO4. The lowest BCUT2D eigenvalue weighted by Gasteiger charge is -2.21. The lowest BCUT2D eigenvalue weighted by Crippen LogP contribution is -2.41. The minimum Gasteiger partial charge on any atom is -0.376 e. The molecule has 174 valence electrons. The molecule has 0 aromatic heterocycles. The first-order valence-electron chi connectivity index (χ1n) is 12.4. The van der Waals surface area contributed by atoms with Crippen LogP contribution in [0.3, 0.4) is 0 Å². The number of methoxy groups -OCH3 is 2. The van der Waals surface area contributed by atoms with Crippen LogP contribution >= 0.6 is 0 Å². The predicted molar refractivity (Wildman–Crippen MR) is 124 cm³/mol. The molecule has 2 radical (unpaired) electrons. The van der Waals surface area contributed by atoms with Crippen LogP contribution in [0.2, 0.25) is 6.32 Å². The minimum atomic E-state index is -0.218. The van der Waals surface area contributed by atoms with E-state index in [4.69, 9.17) is 22.1 Å². The van der Waals surface area contributed by atoms with Crippen molar-refractivity contribution in [3.05, 3.63) is 0 Å². The Balaban J connectivity index is 1.98. The van der Waals surface area contributed by atoms with Crippen molar-refractivity contribution in [2.24, 2.45) is 0 Å². The van der Waals surface area contributed by atoms with Gasteiger partial charge in [0.25, 0.3) is 0 Å². The largest absolute Gasteiger partial charge is 0.376 e. The minimum absolute atomic E-state index is 0.0849. The van der Waals surface area contributed by atoms with Gasteiger partial charge in [-0.3, -0.25) is 4.79 Å². The maximum atomic E-state index is 12.1. The number of hydrogen-bond donors (Lipinski definition) is 1. The smallest absolute Gasteiger partial charge is 0.220 e. The van der Waals surface area contributed by atoms with Gasteiger partial charge in [-0.1, -0.05) is 90.3 Å². The second-order valence-electron chi connectivity index (χ2n) is 8.65. The van der Waals surface area contributed by atoms with Crippen LogP contribution in [0.15, 0.2) is 0 Å². The zero-order valence-electron chi connectivity index (χ0n) is 19.8. The quantitative estimate of drug-likeness (QED) is 0.235. The Bertz CT molecular complexity index is 424. The number of carbonyl (C=O) groups is 1. The van der Waals surface area contributed by atoms with Gasteiger partial charge in [-0.2, -0.15) is 0 Å². The van der Waals surface area contributed by atoms with E-state index >= 15 is 0 Å². The Labute approximate surface area is 186 Å². The Morgan fingerprint density at radius 2 is 1.27 bits per heavy atom. The van der Waals surface area contributed by atoms with Crippen molar-refractivity contribution in [1.82, 2.24) is 5.32 Å². The fraction of sp³-hybridized carbons (Fsp3) is 0.958. The van der Waals surface area contributed by atoms with E-state index in [1.807, 2.05) is 0 Å². The Kier molecular flexibility index (Phi) is 16.5. The van der Waals surface area contributed by atoms with Crippen molar-refractivity contribution in [3.8, 4) is 0 Å². The molecular weight excluding hydrogens is 377 g/mol. The number of hydrogen-bond acceptors (Lipinski definition) is 4. The van der Waals surface area contributed by atoms with E-state index in [2.05, 4.69) is 12.2 Å². The van der Waals surface area contributed by atoms with Gasteiger partial charge < -0.3 is 19.5 Å². The van der Waals surface area contributed by atoms with Crippen LogP contribution in [-0.2, 0) is 19.0 Å². The number of carbonyl (C=O) groups excluding carboxylic acids is 1. The van der Waals surface area contributed by atoms with Crippen molar-refractivity contribution < 1.29 is 19.0 Å². The van der Waals surface area contributed by atoms with Crippen molar-refractivity contribution in [2.45, 2.75) is 128 Å². The van der Waals surface area contributed by atoms with Gasteiger partial charge in [0.05, 0.1) is 14.0 Å². The fourth-order valence-corrected chi connectivity index (χ4v) is 4.33. The van der Waals surface area contributed by atoms with Crippen molar-refractivity contribution in [2.75, 3.05) is 20.8 Å². The van der Waals surface area contributed by atoms with Crippen LogP contribution < -0.4 is 5.32 Å². The van der Waals surface area contributed by atoms with Gasteiger partial charge in [0.1, 0.15) is 18.3 Å². The lowest BCUT2D eigenvalue weighted by molar-refractivity contribution is -0.122. The highest BCUT2D eigenvalue weighted by Crippen LogP contribution is 2.27. The van der Waals surface area contributed by atoms with Crippen molar-refractivity contribution >= 4 is 13.8 Å². The summed E-state index contributed by atoms with van der Waals surface area (Å²) in [6.45, 7) is 2.70. The van der Waals surface area contributed by atoms with E-state index in [0.29, 0.717) is 19.3 Å². The summed E-state index contributed by atoms with van der Waals surface area (Å²) in [4.78, 5) is 12.1. The SMILES string of the molecule is [B]C[C@@H]1O[C@H](CNC(=O)CCCCCCCCCCCCCCC)[C@H](OC)C1OC. The van der Waals surface area contributed by atoms with Crippen molar-refractivity contribution in [1.29, 1.82) is 0 Å². The summed E-state index contributed by atoms with van der Waals surface area (Å²) in [7, 11) is 9.03. The monoisotopic (exact) mass is 423 g/mol. The summed E-state index contributed by atoms with van der Waals surface area (Å²) < 4.78 is 16.9. The van der Waals surface area contributed by atoms with E-state index in [9.17, 15) is 4.79 Å². The summed E-state index contributed by atoms with van der Waals surface area (Å²) in [5.74, 6) is 0.0849. The summed E-state index contributed by atoms with van der Waals surface area (Å²) in [5, 5.41) is 2.98. The van der Waals surface area contributed by atoms with Crippen molar-refractivity contribution in [3.63, 3.8) is 0 Å². The fourth-order valence-electron chi connectivity index (χ4n) is 4.33. The molecule has 0 saturated carbocycles. The van der Waals surface area contributed by atoms with E-state index in [1.54, 1.807) is 14.2 Å². The Morgan fingerprint density at radius 1 is 0.800 bits per heavy atom. The molecule has 1 amide bonds. The van der Waals surface area contributed by atoms with E-state index in [-0.39, 0.29) is 30.3 Å². The van der Waals surface area contributed by atoms with E-state index < -0.39 is 0 Å². The Hall–Kier alpha value is -0.585. The average Bonchev–Trinajstić information content (AvgIpc) is 3.12. The summed E-state index contributed by atoms with van der Waals surface area (Å²) in [5.41, 5.74) is 0. The molecule has 1 unspecified atom stereocenters. The van der Waals surface area contributed by atoms with Crippen LogP contribution in [0.1, 0.15) is 96.8 Å². The highest BCUT2D eigenvalue weighted by atomic mass is 16.6. The van der Waals surface area contributed by atoms with Gasteiger partial charge in [-0.25, -0.2) is 0 Å². The predicted octanol–water partition coefficient (Wildman–Crippen LogP) is 4.97. The Morgan fingerprint density at radius 3 is 1.73 bits per heavy atom. The topological polar surface area (TPSA) is 56.8 Å².